The van der Waals surface area contributed by atoms with Crippen LogP contribution in [0.25, 0.3) is 0 Å². The Balaban J connectivity index is 2.28. The summed E-state index contributed by atoms with van der Waals surface area (Å²) in [4.78, 5) is 11.5. The van der Waals surface area contributed by atoms with Gasteiger partial charge in [-0.1, -0.05) is 6.07 Å². The Kier molecular flexibility index (Phi) is 7.85. The molecule has 2 N–H and O–H groups in total. The maximum absolute atomic E-state index is 11.5. The number of nitrogens with one attached hydrogen (secondary N) is 2. The highest BCUT2D eigenvalue weighted by molar-refractivity contribution is 9.10. The quantitative estimate of drug-likeness (QED) is 0.694. The number of amides is 1. The van der Waals surface area contributed by atoms with E-state index in [1.165, 1.54) is 5.56 Å². The summed E-state index contributed by atoms with van der Waals surface area (Å²) in [5.74, 6) is 0.822. The summed E-state index contributed by atoms with van der Waals surface area (Å²) in [7, 11) is 1.65. The minimum absolute atomic E-state index is 0.221. The van der Waals surface area contributed by atoms with Gasteiger partial charge in [0.2, 0.25) is 0 Å². The zero-order valence-corrected chi connectivity index (χ0v) is 16.1. The maximum atomic E-state index is 11.5. The van der Waals surface area contributed by atoms with Crippen molar-refractivity contribution in [3.05, 3.63) is 28.2 Å². The van der Waals surface area contributed by atoms with Crippen LogP contribution in [0.3, 0.4) is 0 Å². The Hall–Kier alpha value is -1.27. The second-order valence-corrected chi connectivity index (χ2v) is 7.21. The van der Waals surface area contributed by atoms with Gasteiger partial charge in [-0.3, -0.25) is 0 Å². The van der Waals surface area contributed by atoms with Gasteiger partial charge in [0.1, 0.15) is 11.4 Å². The van der Waals surface area contributed by atoms with Crippen LogP contribution in [0.2, 0.25) is 0 Å². The average molecular weight is 387 g/mol. The number of hydrogen-bond donors (Lipinski definition) is 2. The van der Waals surface area contributed by atoms with E-state index < -0.39 is 5.60 Å². The first-order valence-corrected chi connectivity index (χ1v) is 8.56. The monoisotopic (exact) mass is 386 g/mol. The van der Waals surface area contributed by atoms with Crippen molar-refractivity contribution in [2.45, 2.75) is 45.8 Å². The lowest BCUT2D eigenvalue weighted by atomic mass is 10.1. The molecule has 0 fully saturated rings. The average Bonchev–Trinajstić information content (AvgIpc) is 2.44. The number of benzene rings is 1. The maximum Gasteiger partial charge on any atom is 0.407 e. The number of hydrogen-bond acceptors (Lipinski definition) is 4. The summed E-state index contributed by atoms with van der Waals surface area (Å²) in [5, 5.41) is 6.18. The second kappa shape index (κ2) is 9.13. The Morgan fingerprint density at radius 3 is 2.57 bits per heavy atom. The van der Waals surface area contributed by atoms with Crippen LogP contribution in [0.5, 0.6) is 5.75 Å². The van der Waals surface area contributed by atoms with Crippen molar-refractivity contribution in [1.82, 2.24) is 10.6 Å². The molecule has 0 aromatic heterocycles. The third-order valence-corrected chi connectivity index (χ3v) is 3.77. The van der Waals surface area contributed by atoms with Gasteiger partial charge in [0, 0.05) is 12.6 Å². The molecule has 1 aromatic carbocycles. The van der Waals surface area contributed by atoms with Crippen LogP contribution in [0, 0.1) is 0 Å². The van der Waals surface area contributed by atoms with E-state index in [0.29, 0.717) is 6.54 Å². The fraction of sp³-hybridized carbons (Fsp3) is 0.588. The van der Waals surface area contributed by atoms with E-state index >= 15 is 0 Å². The molecule has 0 aliphatic carbocycles. The molecule has 6 heteroatoms. The number of ether oxygens (including phenoxy) is 2. The van der Waals surface area contributed by atoms with Crippen molar-refractivity contribution < 1.29 is 14.3 Å². The van der Waals surface area contributed by atoms with Gasteiger partial charge in [0.25, 0.3) is 0 Å². The predicted molar refractivity (Wildman–Crippen MR) is 96.0 cm³/mol. The van der Waals surface area contributed by atoms with E-state index in [-0.39, 0.29) is 12.1 Å². The number of halogens is 1. The van der Waals surface area contributed by atoms with Crippen LogP contribution in [0.15, 0.2) is 22.7 Å². The summed E-state index contributed by atoms with van der Waals surface area (Å²) >= 11 is 3.49. The van der Waals surface area contributed by atoms with E-state index in [4.69, 9.17) is 9.47 Å². The Morgan fingerprint density at radius 1 is 1.30 bits per heavy atom. The normalized spacial score (nSPS) is 12.6. The molecule has 5 nitrogen and oxygen atoms in total. The van der Waals surface area contributed by atoms with Crippen LogP contribution in [-0.4, -0.2) is 31.9 Å². The lowest BCUT2D eigenvalue weighted by Crippen LogP contribution is -2.34. The molecule has 130 valence electrons. The van der Waals surface area contributed by atoms with Crippen molar-refractivity contribution in [2.24, 2.45) is 0 Å². The Bertz CT molecular complexity index is 515. The topological polar surface area (TPSA) is 59.6 Å². The number of carbonyl (C=O) groups excluding carboxylic acids is 1. The summed E-state index contributed by atoms with van der Waals surface area (Å²) in [6.45, 7) is 9.05. The van der Waals surface area contributed by atoms with Crippen LogP contribution in [-0.2, 0) is 4.74 Å². The van der Waals surface area contributed by atoms with Gasteiger partial charge in [0.15, 0.2) is 0 Å². The predicted octanol–water partition coefficient (Wildman–Crippen LogP) is 4.02. The van der Waals surface area contributed by atoms with E-state index in [1.54, 1.807) is 7.11 Å². The highest BCUT2D eigenvalue weighted by Crippen LogP contribution is 2.27. The van der Waals surface area contributed by atoms with Crippen molar-refractivity contribution >= 4 is 22.0 Å². The van der Waals surface area contributed by atoms with Gasteiger partial charge in [-0.15, -0.1) is 0 Å². The molecular formula is C17H27BrN2O3. The van der Waals surface area contributed by atoms with E-state index in [9.17, 15) is 4.79 Å². The number of alkyl carbamates (subject to hydrolysis) is 1. The first kappa shape index (κ1) is 19.8. The zero-order chi connectivity index (χ0) is 17.5. The molecule has 0 aliphatic heterocycles. The first-order chi connectivity index (χ1) is 10.7. The summed E-state index contributed by atoms with van der Waals surface area (Å²) in [6.07, 6.45) is 0.464. The minimum atomic E-state index is -0.460. The van der Waals surface area contributed by atoms with Gasteiger partial charge in [-0.2, -0.15) is 0 Å². The van der Waals surface area contributed by atoms with Crippen molar-refractivity contribution in [2.75, 3.05) is 20.2 Å². The number of methoxy groups -OCH3 is 1. The molecule has 1 atom stereocenters. The molecule has 0 saturated heterocycles. The lowest BCUT2D eigenvalue weighted by molar-refractivity contribution is 0.0527. The van der Waals surface area contributed by atoms with Crippen LogP contribution >= 0.6 is 15.9 Å². The standard InChI is InChI=1S/C17H27BrN2O3/c1-12(13-7-8-15(22-5)14(18)11-13)19-9-6-10-20-16(21)23-17(2,3)4/h7-8,11-12,19H,6,9-10H2,1-5H3,(H,20,21). The van der Waals surface area contributed by atoms with Gasteiger partial charge >= 0.3 is 6.09 Å². The summed E-state index contributed by atoms with van der Waals surface area (Å²) in [6, 6.07) is 6.26. The molecule has 1 unspecified atom stereocenters. The van der Waals surface area contributed by atoms with Crippen LogP contribution in [0.4, 0.5) is 4.79 Å². The van der Waals surface area contributed by atoms with Crippen LogP contribution < -0.4 is 15.4 Å². The molecule has 0 spiro atoms. The molecule has 0 saturated carbocycles. The minimum Gasteiger partial charge on any atom is -0.496 e. The number of rotatable bonds is 7. The van der Waals surface area contributed by atoms with E-state index in [1.807, 2.05) is 32.9 Å². The van der Waals surface area contributed by atoms with Crippen molar-refractivity contribution in [3.63, 3.8) is 0 Å². The molecule has 0 radical (unpaired) electrons. The molecule has 0 heterocycles. The third kappa shape index (κ3) is 7.70. The molecule has 0 aliphatic rings. The summed E-state index contributed by atoms with van der Waals surface area (Å²) < 4.78 is 11.4. The SMILES string of the molecule is COc1ccc(C(C)NCCCNC(=O)OC(C)(C)C)cc1Br. The van der Waals surface area contributed by atoms with Crippen molar-refractivity contribution in [1.29, 1.82) is 0 Å². The molecule has 1 aromatic rings. The number of carbonyl (C=O) groups is 1. The highest BCUT2D eigenvalue weighted by Gasteiger charge is 2.15. The Labute approximate surface area is 147 Å². The fourth-order valence-corrected chi connectivity index (χ4v) is 2.54. The highest BCUT2D eigenvalue weighted by atomic mass is 79.9. The van der Waals surface area contributed by atoms with E-state index in [0.717, 1.165) is 23.2 Å². The molecule has 1 amide bonds. The molecule has 23 heavy (non-hydrogen) atoms. The fourth-order valence-electron chi connectivity index (χ4n) is 1.98. The largest absolute Gasteiger partial charge is 0.496 e. The van der Waals surface area contributed by atoms with Crippen molar-refractivity contribution in [3.8, 4) is 5.75 Å². The lowest BCUT2D eigenvalue weighted by Gasteiger charge is -2.20. The molecule has 0 bridgehead atoms. The second-order valence-electron chi connectivity index (χ2n) is 6.35. The van der Waals surface area contributed by atoms with E-state index in [2.05, 4.69) is 39.6 Å². The van der Waals surface area contributed by atoms with Crippen LogP contribution in [0.1, 0.15) is 45.7 Å². The smallest absolute Gasteiger partial charge is 0.407 e. The van der Waals surface area contributed by atoms with Gasteiger partial charge in [-0.25, -0.2) is 4.79 Å². The van der Waals surface area contributed by atoms with Gasteiger partial charge < -0.3 is 20.1 Å². The Morgan fingerprint density at radius 2 is 2.00 bits per heavy atom. The molecular weight excluding hydrogens is 360 g/mol. The molecule has 1 rings (SSSR count). The zero-order valence-electron chi connectivity index (χ0n) is 14.5. The summed E-state index contributed by atoms with van der Waals surface area (Å²) in [5.41, 5.74) is 0.719. The third-order valence-electron chi connectivity index (χ3n) is 3.15. The van der Waals surface area contributed by atoms with Gasteiger partial charge in [0.05, 0.1) is 11.6 Å². The first-order valence-electron chi connectivity index (χ1n) is 7.76. The van der Waals surface area contributed by atoms with Gasteiger partial charge in [-0.05, 0) is 74.3 Å².